The molecule has 0 bridgehead atoms. The average Bonchev–Trinajstić information content (AvgIpc) is 2.65. The van der Waals surface area contributed by atoms with Crippen LogP contribution < -0.4 is 4.90 Å². The average molecular weight is 355 g/mol. The Labute approximate surface area is 154 Å². The third-order valence-corrected chi connectivity index (χ3v) is 4.41. The van der Waals surface area contributed by atoms with Crippen LogP contribution in [-0.4, -0.2) is 35.4 Å². The molecule has 2 aromatic carbocycles. The maximum Gasteiger partial charge on any atom is 0.269 e. The molecule has 0 unspecified atom stereocenters. The lowest BCUT2D eigenvalue weighted by Gasteiger charge is -2.27. The fourth-order valence-corrected chi connectivity index (χ4v) is 2.62. The van der Waals surface area contributed by atoms with Crippen LogP contribution in [-0.2, 0) is 6.54 Å². The first-order chi connectivity index (χ1) is 12.3. The standard InChI is InChI=1S/C20H25N3O3/c1-5-21(4)18-12-8-17(9-13-18)20(24)22(15(2)3)14-16-6-10-19(11-7-16)23(25)26/h6-13,15H,5,14H2,1-4H3. The summed E-state index contributed by atoms with van der Waals surface area (Å²) in [7, 11) is 2.01. The molecule has 0 spiro atoms. The molecule has 0 aliphatic carbocycles. The quantitative estimate of drug-likeness (QED) is 0.554. The van der Waals surface area contributed by atoms with Crippen molar-refractivity contribution in [3.63, 3.8) is 0 Å². The minimum absolute atomic E-state index is 0.00989. The third-order valence-electron chi connectivity index (χ3n) is 4.41. The van der Waals surface area contributed by atoms with Gasteiger partial charge >= 0.3 is 0 Å². The van der Waals surface area contributed by atoms with E-state index in [1.165, 1.54) is 12.1 Å². The lowest BCUT2D eigenvalue weighted by molar-refractivity contribution is -0.384. The molecule has 0 aliphatic heterocycles. The van der Waals surface area contributed by atoms with Gasteiger partial charge in [0.2, 0.25) is 0 Å². The van der Waals surface area contributed by atoms with Crippen molar-refractivity contribution in [3.8, 4) is 0 Å². The summed E-state index contributed by atoms with van der Waals surface area (Å²) in [6.45, 7) is 7.30. The van der Waals surface area contributed by atoms with Crippen molar-refractivity contribution in [2.75, 3.05) is 18.5 Å². The number of benzene rings is 2. The maximum atomic E-state index is 12.9. The van der Waals surface area contributed by atoms with Gasteiger partial charge in [-0.05, 0) is 50.6 Å². The number of hydrogen-bond acceptors (Lipinski definition) is 4. The summed E-state index contributed by atoms with van der Waals surface area (Å²) in [5, 5.41) is 10.8. The zero-order chi connectivity index (χ0) is 19.3. The van der Waals surface area contributed by atoms with E-state index in [1.54, 1.807) is 17.0 Å². The minimum atomic E-state index is -0.427. The van der Waals surface area contributed by atoms with E-state index in [2.05, 4.69) is 11.8 Å². The first-order valence-corrected chi connectivity index (χ1v) is 8.69. The first-order valence-electron chi connectivity index (χ1n) is 8.69. The van der Waals surface area contributed by atoms with E-state index in [1.807, 2.05) is 45.2 Å². The molecule has 0 aromatic heterocycles. The number of nitro benzene ring substituents is 1. The highest BCUT2D eigenvalue weighted by Crippen LogP contribution is 2.19. The lowest BCUT2D eigenvalue weighted by Crippen LogP contribution is -2.36. The van der Waals surface area contributed by atoms with Gasteiger partial charge in [0.05, 0.1) is 4.92 Å². The smallest absolute Gasteiger partial charge is 0.269 e. The Morgan fingerprint density at radius 2 is 1.65 bits per heavy atom. The highest BCUT2D eigenvalue weighted by molar-refractivity contribution is 5.94. The van der Waals surface area contributed by atoms with Crippen LogP contribution in [0.2, 0.25) is 0 Å². The van der Waals surface area contributed by atoms with Gasteiger partial charge in [-0.15, -0.1) is 0 Å². The molecule has 6 heteroatoms. The van der Waals surface area contributed by atoms with Crippen LogP contribution in [0.3, 0.4) is 0 Å². The summed E-state index contributed by atoms with van der Waals surface area (Å²) < 4.78 is 0. The zero-order valence-electron chi connectivity index (χ0n) is 15.7. The largest absolute Gasteiger partial charge is 0.375 e. The Bertz CT molecular complexity index is 755. The van der Waals surface area contributed by atoms with Gasteiger partial charge in [0, 0.05) is 49.6 Å². The van der Waals surface area contributed by atoms with Gasteiger partial charge in [-0.1, -0.05) is 12.1 Å². The van der Waals surface area contributed by atoms with Crippen LogP contribution in [0.25, 0.3) is 0 Å². The molecule has 26 heavy (non-hydrogen) atoms. The summed E-state index contributed by atoms with van der Waals surface area (Å²) in [5.41, 5.74) is 2.61. The number of anilines is 1. The summed E-state index contributed by atoms with van der Waals surface area (Å²) >= 11 is 0. The molecule has 1 amide bonds. The van der Waals surface area contributed by atoms with E-state index in [9.17, 15) is 14.9 Å². The summed E-state index contributed by atoms with van der Waals surface area (Å²) in [6.07, 6.45) is 0. The summed E-state index contributed by atoms with van der Waals surface area (Å²) in [6, 6.07) is 13.9. The molecule has 0 radical (unpaired) electrons. The number of amides is 1. The van der Waals surface area contributed by atoms with Crippen LogP contribution in [0.1, 0.15) is 36.7 Å². The maximum absolute atomic E-state index is 12.9. The van der Waals surface area contributed by atoms with Crippen molar-refractivity contribution in [2.24, 2.45) is 0 Å². The molecule has 6 nitrogen and oxygen atoms in total. The predicted octanol–water partition coefficient (Wildman–Crippen LogP) is 4.10. The molecule has 0 heterocycles. The number of nitro groups is 1. The van der Waals surface area contributed by atoms with Crippen LogP contribution in [0.15, 0.2) is 48.5 Å². The normalized spacial score (nSPS) is 10.7. The zero-order valence-corrected chi connectivity index (χ0v) is 15.7. The van der Waals surface area contributed by atoms with Gasteiger partial charge in [-0.2, -0.15) is 0 Å². The number of hydrogen-bond donors (Lipinski definition) is 0. The second-order valence-electron chi connectivity index (χ2n) is 6.51. The summed E-state index contributed by atoms with van der Waals surface area (Å²) in [4.78, 5) is 27.1. The third kappa shape index (κ3) is 4.59. The molecule has 0 N–H and O–H groups in total. The van der Waals surface area contributed by atoms with Gasteiger partial charge in [-0.3, -0.25) is 14.9 Å². The van der Waals surface area contributed by atoms with Crippen molar-refractivity contribution in [2.45, 2.75) is 33.4 Å². The Kier molecular flexibility index (Phi) is 6.33. The molecule has 0 saturated carbocycles. The predicted molar refractivity (Wildman–Crippen MR) is 103 cm³/mol. The number of rotatable bonds is 7. The van der Waals surface area contributed by atoms with Crippen LogP contribution >= 0.6 is 0 Å². The van der Waals surface area contributed by atoms with Crippen molar-refractivity contribution in [3.05, 3.63) is 69.8 Å². The Morgan fingerprint density at radius 3 is 2.12 bits per heavy atom. The monoisotopic (exact) mass is 355 g/mol. The second kappa shape index (κ2) is 8.47. The molecule has 138 valence electrons. The van der Waals surface area contributed by atoms with Crippen molar-refractivity contribution >= 4 is 17.3 Å². The highest BCUT2D eigenvalue weighted by atomic mass is 16.6. The van der Waals surface area contributed by atoms with Crippen LogP contribution in [0.5, 0.6) is 0 Å². The van der Waals surface area contributed by atoms with Crippen molar-refractivity contribution in [1.29, 1.82) is 0 Å². The summed E-state index contributed by atoms with van der Waals surface area (Å²) in [5.74, 6) is -0.0518. The van der Waals surface area contributed by atoms with E-state index >= 15 is 0 Å². The Balaban J connectivity index is 2.18. The van der Waals surface area contributed by atoms with Gasteiger partial charge in [0.15, 0.2) is 0 Å². The molecular weight excluding hydrogens is 330 g/mol. The molecule has 0 fully saturated rings. The van der Waals surface area contributed by atoms with Crippen molar-refractivity contribution < 1.29 is 9.72 Å². The molecule has 2 aromatic rings. The van der Waals surface area contributed by atoms with Gasteiger partial charge in [-0.25, -0.2) is 0 Å². The number of carbonyl (C=O) groups excluding carboxylic acids is 1. The highest BCUT2D eigenvalue weighted by Gasteiger charge is 2.19. The van der Waals surface area contributed by atoms with Crippen molar-refractivity contribution in [1.82, 2.24) is 4.90 Å². The SMILES string of the molecule is CCN(C)c1ccc(C(=O)N(Cc2ccc([N+](=O)[O-])cc2)C(C)C)cc1. The van der Waals surface area contributed by atoms with E-state index < -0.39 is 4.92 Å². The number of non-ortho nitro benzene ring substituents is 1. The second-order valence-corrected chi connectivity index (χ2v) is 6.51. The minimum Gasteiger partial charge on any atom is -0.375 e. The van der Waals surface area contributed by atoms with E-state index in [-0.39, 0.29) is 17.6 Å². The van der Waals surface area contributed by atoms with Gasteiger partial charge < -0.3 is 9.80 Å². The number of carbonyl (C=O) groups is 1. The van der Waals surface area contributed by atoms with Gasteiger partial charge in [0.25, 0.3) is 11.6 Å². The Hall–Kier alpha value is -2.89. The molecule has 0 aliphatic rings. The fourth-order valence-electron chi connectivity index (χ4n) is 2.62. The molecule has 0 atom stereocenters. The fraction of sp³-hybridized carbons (Fsp3) is 0.350. The van der Waals surface area contributed by atoms with Crippen LogP contribution in [0, 0.1) is 10.1 Å². The number of nitrogens with zero attached hydrogens (tertiary/aromatic N) is 3. The molecule has 0 saturated heterocycles. The van der Waals surface area contributed by atoms with E-state index in [0.29, 0.717) is 12.1 Å². The topological polar surface area (TPSA) is 66.7 Å². The van der Waals surface area contributed by atoms with Gasteiger partial charge in [0.1, 0.15) is 0 Å². The van der Waals surface area contributed by atoms with Crippen LogP contribution in [0.4, 0.5) is 11.4 Å². The van der Waals surface area contributed by atoms with E-state index in [4.69, 9.17) is 0 Å². The lowest BCUT2D eigenvalue weighted by atomic mass is 10.1. The Morgan fingerprint density at radius 1 is 1.08 bits per heavy atom. The molecular formula is C20H25N3O3. The first kappa shape index (κ1) is 19.4. The van der Waals surface area contributed by atoms with E-state index in [0.717, 1.165) is 17.8 Å². The molecule has 2 rings (SSSR count).